The van der Waals surface area contributed by atoms with Gasteiger partial charge >= 0.3 is 0 Å². The van der Waals surface area contributed by atoms with Gasteiger partial charge in [0, 0.05) is 11.4 Å². The molecular weight excluding hydrogens is 340 g/mol. The van der Waals surface area contributed by atoms with Crippen LogP contribution >= 0.6 is 23.8 Å². The summed E-state index contributed by atoms with van der Waals surface area (Å²) in [5.74, 6) is -0.0985. The van der Waals surface area contributed by atoms with Gasteiger partial charge in [0.05, 0.1) is 18.3 Å². The van der Waals surface area contributed by atoms with E-state index in [9.17, 15) is 4.79 Å². The molecule has 23 heavy (non-hydrogen) atoms. The molecule has 2 fully saturated rings. The third-order valence-corrected chi connectivity index (χ3v) is 4.90. The van der Waals surface area contributed by atoms with Crippen LogP contribution in [0.15, 0.2) is 18.2 Å². The number of carbonyl (C=O) groups is 1. The molecule has 2 saturated heterocycles. The number of fused-ring (bicyclic) bond motifs is 2. The van der Waals surface area contributed by atoms with Crippen molar-refractivity contribution in [1.29, 1.82) is 0 Å². The largest absolute Gasteiger partial charge is 0.343 e. The molecule has 3 atom stereocenters. The van der Waals surface area contributed by atoms with Crippen LogP contribution in [0.5, 0.6) is 0 Å². The number of aryl methyl sites for hydroxylation is 1. The fourth-order valence-corrected chi connectivity index (χ4v) is 3.30. The Bertz CT molecular complexity index is 849. The average Bonchev–Trinajstić information content (AvgIpc) is 3.12. The second-order valence-electron chi connectivity index (χ2n) is 5.63. The van der Waals surface area contributed by atoms with Gasteiger partial charge in [-0.2, -0.15) is 4.68 Å². The summed E-state index contributed by atoms with van der Waals surface area (Å²) in [6.45, 7) is 2.27. The van der Waals surface area contributed by atoms with Gasteiger partial charge in [0.2, 0.25) is 11.1 Å². The first-order valence-electron chi connectivity index (χ1n) is 7.15. The zero-order chi connectivity index (χ0) is 16.1. The van der Waals surface area contributed by atoms with E-state index in [0.29, 0.717) is 16.4 Å². The van der Waals surface area contributed by atoms with Crippen LogP contribution in [0, 0.1) is 11.7 Å². The van der Waals surface area contributed by atoms with Gasteiger partial charge in [0.15, 0.2) is 5.78 Å². The molecule has 4 rings (SSSR count). The number of hydrogen-bond donors (Lipinski definition) is 0. The van der Waals surface area contributed by atoms with Crippen molar-refractivity contribution in [3.8, 4) is 5.69 Å². The van der Waals surface area contributed by atoms with E-state index in [1.807, 2.05) is 19.1 Å². The fraction of sp³-hybridized carbons (Fsp3) is 0.429. The zero-order valence-electron chi connectivity index (χ0n) is 12.2. The van der Waals surface area contributed by atoms with Crippen LogP contribution in [-0.2, 0) is 14.3 Å². The van der Waals surface area contributed by atoms with E-state index in [2.05, 4.69) is 10.4 Å². The highest BCUT2D eigenvalue weighted by atomic mass is 35.5. The predicted octanol–water partition coefficient (Wildman–Crippen LogP) is 2.02. The Balaban J connectivity index is 1.72. The van der Waals surface area contributed by atoms with Crippen LogP contribution in [0.4, 0.5) is 0 Å². The minimum absolute atomic E-state index is 0.0985. The average molecular weight is 353 g/mol. The highest BCUT2D eigenvalue weighted by Gasteiger charge is 2.45. The first-order valence-corrected chi connectivity index (χ1v) is 7.94. The molecule has 3 unspecified atom stereocenters. The molecule has 3 heterocycles. The predicted molar refractivity (Wildman–Crippen MR) is 83.2 cm³/mol. The first kappa shape index (κ1) is 14.9. The number of tetrazole rings is 1. The van der Waals surface area contributed by atoms with Crippen molar-refractivity contribution in [2.75, 3.05) is 6.61 Å². The molecule has 1 aromatic carbocycles. The lowest BCUT2D eigenvalue weighted by Gasteiger charge is -2.25. The van der Waals surface area contributed by atoms with E-state index in [4.69, 9.17) is 33.3 Å². The van der Waals surface area contributed by atoms with E-state index in [1.54, 1.807) is 10.7 Å². The molecule has 0 radical (unpaired) electrons. The SMILES string of the molecule is Cc1ccc(-n2nnn(C3CC(=O)C4OCC3O4)c2=S)cc1Cl. The first-order chi connectivity index (χ1) is 11.0. The molecule has 2 bridgehead atoms. The second kappa shape index (κ2) is 5.48. The minimum Gasteiger partial charge on any atom is -0.343 e. The Labute approximate surface area is 141 Å². The van der Waals surface area contributed by atoms with Gasteiger partial charge < -0.3 is 9.47 Å². The van der Waals surface area contributed by atoms with Crippen molar-refractivity contribution >= 4 is 29.6 Å². The van der Waals surface area contributed by atoms with E-state index in [-0.39, 0.29) is 24.3 Å². The monoisotopic (exact) mass is 352 g/mol. The summed E-state index contributed by atoms with van der Waals surface area (Å²) in [4.78, 5) is 11.9. The van der Waals surface area contributed by atoms with E-state index >= 15 is 0 Å². The highest BCUT2D eigenvalue weighted by molar-refractivity contribution is 7.71. The van der Waals surface area contributed by atoms with Crippen molar-refractivity contribution in [2.45, 2.75) is 31.8 Å². The summed E-state index contributed by atoms with van der Waals surface area (Å²) < 4.78 is 14.3. The van der Waals surface area contributed by atoms with Crippen molar-refractivity contribution in [3.05, 3.63) is 33.6 Å². The quantitative estimate of drug-likeness (QED) is 0.770. The van der Waals surface area contributed by atoms with Crippen LogP contribution in [0.2, 0.25) is 5.02 Å². The summed E-state index contributed by atoms with van der Waals surface area (Å²) in [6.07, 6.45) is -0.704. The number of ketones is 1. The topological polar surface area (TPSA) is 71.2 Å². The molecule has 0 aliphatic carbocycles. The standard InChI is InChI=1S/C14H13ClN4O3S/c1-7-2-3-8(4-9(7)15)18-14(23)19(17-16-18)10-5-11(20)13-21-6-12(10)22-13/h2-4,10,12-13H,5-6H2,1H3. The molecule has 2 aliphatic heterocycles. The van der Waals surface area contributed by atoms with Crippen LogP contribution in [0.1, 0.15) is 18.0 Å². The van der Waals surface area contributed by atoms with Gasteiger partial charge in [-0.1, -0.05) is 17.7 Å². The molecule has 0 N–H and O–H groups in total. The summed E-state index contributed by atoms with van der Waals surface area (Å²) >= 11 is 11.6. The summed E-state index contributed by atoms with van der Waals surface area (Å²) in [5.41, 5.74) is 1.69. The van der Waals surface area contributed by atoms with Crippen LogP contribution in [0.25, 0.3) is 5.69 Å². The van der Waals surface area contributed by atoms with Gasteiger partial charge in [0.25, 0.3) is 0 Å². The van der Waals surface area contributed by atoms with Crippen LogP contribution < -0.4 is 0 Å². The number of Topliss-reactive ketones (excluding diaryl/α,β-unsaturated/α-hetero) is 1. The molecule has 2 aromatic rings. The molecule has 2 aliphatic rings. The van der Waals surface area contributed by atoms with Crippen molar-refractivity contribution in [1.82, 2.24) is 19.8 Å². The lowest BCUT2D eigenvalue weighted by molar-refractivity contribution is -0.156. The molecule has 9 heteroatoms. The summed E-state index contributed by atoms with van der Waals surface area (Å²) in [6, 6.07) is 5.24. The van der Waals surface area contributed by atoms with Crippen LogP contribution in [-0.4, -0.2) is 44.6 Å². The molecule has 0 amide bonds. The second-order valence-corrected chi connectivity index (χ2v) is 6.40. The molecular formula is C14H13ClN4O3S. The number of halogens is 1. The number of aromatic nitrogens is 4. The van der Waals surface area contributed by atoms with Gasteiger partial charge in [-0.15, -0.1) is 0 Å². The molecule has 7 nitrogen and oxygen atoms in total. The molecule has 0 saturated carbocycles. The number of carbonyl (C=O) groups excluding carboxylic acids is 1. The maximum absolute atomic E-state index is 11.9. The summed E-state index contributed by atoms with van der Waals surface area (Å²) in [5, 5.41) is 8.84. The molecule has 1 aromatic heterocycles. The Morgan fingerprint density at radius 3 is 3.00 bits per heavy atom. The fourth-order valence-electron chi connectivity index (χ4n) is 2.81. The number of ether oxygens (including phenoxy) is 2. The van der Waals surface area contributed by atoms with Gasteiger partial charge in [0.1, 0.15) is 6.10 Å². The molecule has 0 spiro atoms. The normalized spacial score (nSPS) is 26.7. The van der Waals surface area contributed by atoms with Crippen LogP contribution in [0.3, 0.4) is 0 Å². The van der Waals surface area contributed by atoms with Gasteiger partial charge in [-0.3, -0.25) is 4.79 Å². The van der Waals surface area contributed by atoms with E-state index in [0.717, 1.165) is 11.3 Å². The highest BCUT2D eigenvalue weighted by Crippen LogP contribution is 2.32. The van der Waals surface area contributed by atoms with Gasteiger partial charge in [-0.05, 0) is 47.3 Å². The minimum atomic E-state index is -0.739. The smallest absolute Gasteiger partial charge is 0.221 e. The Hall–Kier alpha value is -1.61. The maximum atomic E-state index is 11.9. The van der Waals surface area contributed by atoms with E-state index < -0.39 is 6.29 Å². The van der Waals surface area contributed by atoms with Crippen molar-refractivity contribution < 1.29 is 14.3 Å². The Morgan fingerprint density at radius 2 is 2.22 bits per heavy atom. The number of nitrogens with zero attached hydrogens (tertiary/aromatic N) is 4. The number of rotatable bonds is 2. The summed E-state index contributed by atoms with van der Waals surface area (Å²) in [7, 11) is 0. The van der Waals surface area contributed by atoms with E-state index in [1.165, 1.54) is 4.68 Å². The van der Waals surface area contributed by atoms with Gasteiger partial charge in [-0.25, -0.2) is 4.68 Å². The zero-order valence-corrected chi connectivity index (χ0v) is 13.8. The third kappa shape index (κ3) is 2.42. The maximum Gasteiger partial charge on any atom is 0.221 e. The molecule has 120 valence electrons. The van der Waals surface area contributed by atoms with Crippen molar-refractivity contribution in [2.24, 2.45) is 0 Å². The third-order valence-electron chi connectivity index (χ3n) is 4.13. The lowest BCUT2D eigenvalue weighted by atomic mass is 10.0. The number of hydrogen-bond acceptors (Lipinski definition) is 6. The van der Waals surface area contributed by atoms with Crippen molar-refractivity contribution in [3.63, 3.8) is 0 Å². The Morgan fingerprint density at radius 1 is 1.39 bits per heavy atom. The Kier molecular flexibility index (Phi) is 3.56. The number of benzene rings is 1. The lowest BCUT2D eigenvalue weighted by Crippen LogP contribution is -2.37.